The van der Waals surface area contributed by atoms with Gasteiger partial charge < -0.3 is 15.3 Å². The number of rotatable bonds is 2. The van der Waals surface area contributed by atoms with E-state index in [1.165, 1.54) is 0 Å². The fourth-order valence-corrected chi connectivity index (χ4v) is 3.61. The van der Waals surface area contributed by atoms with Crippen LogP contribution in [0.1, 0.15) is 36.4 Å². The number of carboxylic acids is 1. The minimum atomic E-state index is -0.764. The Morgan fingerprint density at radius 3 is 2.64 bits per heavy atom. The van der Waals surface area contributed by atoms with Gasteiger partial charge in [-0.1, -0.05) is 23.7 Å². The molecule has 5 nitrogen and oxygen atoms in total. The predicted octanol–water partition coefficient (Wildman–Crippen LogP) is 2.83. The van der Waals surface area contributed by atoms with Crippen molar-refractivity contribution in [1.29, 1.82) is 0 Å². The molecular formula is C16H19ClN2O3. The molecule has 2 N–H and O–H groups in total. The van der Waals surface area contributed by atoms with Gasteiger partial charge in [-0.2, -0.15) is 0 Å². The van der Waals surface area contributed by atoms with Crippen LogP contribution < -0.4 is 5.32 Å². The zero-order valence-corrected chi connectivity index (χ0v) is 13.0. The lowest BCUT2D eigenvalue weighted by atomic mass is 9.97. The third kappa shape index (κ3) is 2.90. The number of hydrogen-bond acceptors (Lipinski definition) is 2. The van der Waals surface area contributed by atoms with E-state index >= 15 is 0 Å². The van der Waals surface area contributed by atoms with Gasteiger partial charge in [0.15, 0.2) is 0 Å². The van der Waals surface area contributed by atoms with E-state index in [-0.39, 0.29) is 18.0 Å². The average Bonchev–Trinajstić information content (AvgIpc) is 2.92. The number of aliphatic carboxylic acids is 1. The van der Waals surface area contributed by atoms with Crippen LogP contribution in [0.15, 0.2) is 18.2 Å². The summed E-state index contributed by atoms with van der Waals surface area (Å²) < 4.78 is 0. The van der Waals surface area contributed by atoms with E-state index in [4.69, 9.17) is 16.7 Å². The smallest absolute Gasteiger partial charge is 0.317 e. The SMILES string of the molecule is O=C(O)C1CCN(C(=O)NC2CCc3c(Cl)cccc32)CC1. The monoisotopic (exact) mass is 322 g/mol. The summed E-state index contributed by atoms with van der Waals surface area (Å²) in [5.41, 5.74) is 2.22. The minimum absolute atomic E-state index is 0.00148. The molecule has 0 radical (unpaired) electrons. The van der Waals surface area contributed by atoms with Crippen LogP contribution in [-0.4, -0.2) is 35.1 Å². The molecule has 0 bridgehead atoms. The molecular weight excluding hydrogens is 304 g/mol. The molecule has 1 aromatic rings. The summed E-state index contributed by atoms with van der Waals surface area (Å²) in [6, 6.07) is 5.68. The van der Waals surface area contributed by atoms with E-state index < -0.39 is 5.97 Å². The van der Waals surface area contributed by atoms with Gasteiger partial charge in [-0.25, -0.2) is 4.79 Å². The van der Waals surface area contributed by atoms with Gasteiger partial charge >= 0.3 is 12.0 Å². The standard InChI is InChI=1S/C16H19ClN2O3/c17-13-3-1-2-12-11(13)4-5-14(12)18-16(22)19-8-6-10(7-9-19)15(20)21/h1-3,10,14H,4-9H2,(H,18,22)(H,20,21). The highest BCUT2D eigenvalue weighted by atomic mass is 35.5. The van der Waals surface area contributed by atoms with E-state index in [0.29, 0.717) is 25.9 Å². The molecule has 1 aliphatic heterocycles. The molecule has 22 heavy (non-hydrogen) atoms. The van der Waals surface area contributed by atoms with Crippen molar-refractivity contribution in [3.63, 3.8) is 0 Å². The number of fused-ring (bicyclic) bond motifs is 1. The first kappa shape index (κ1) is 15.2. The Bertz CT molecular complexity index is 597. The molecule has 1 aliphatic carbocycles. The Morgan fingerprint density at radius 2 is 1.95 bits per heavy atom. The third-order valence-electron chi connectivity index (χ3n) is 4.64. The molecule has 0 aromatic heterocycles. The van der Waals surface area contributed by atoms with Crippen LogP contribution in [0.5, 0.6) is 0 Å². The lowest BCUT2D eigenvalue weighted by Crippen LogP contribution is -2.46. The first-order valence-corrected chi connectivity index (χ1v) is 7.99. The molecule has 0 saturated carbocycles. The number of benzene rings is 1. The van der Waals surface area contributed by atoms with Crippen molar-refractivity contribution in [3.8, 4) is 0 Å². The van der Waals surface area contributed by atoms with Crippen LogP contribution in [0.2, 0.25) is 5.02 Å². The normalized spacial score (nSPS) is 21.5. The summed E-state index contributed by atoms with van der Waals surface area (Å²) >= 11 is 6.19. The average molecular weight is 323 g/mol. The number of nitrogens with zero attached hydrogens (tertiary/aromatic N) is 1. The van der Waals surface area contributed by atoms with Gasteiger partial charge in [-0.15, -0.1) is 0 Å². The topological polar surface area (TPSA) is 69.6 Å². The van der Waals surface area contributed by atoms with Crippen molar-refractivity contribution in [1.82, 2.24) is 10.2 Å². The predicted molar refractivity (Wildman–Crippen MR) is 83.0 cm³/mol. The number of carbonyl (C=O) groups excluding carboxylic acids is 1. The Kier molecular flexibility index (Phi) is 4.25. The van der Waals surface area contributed by atoms with Crippen LogP contribution in [0, 0.1) is 5.92 Å². The van der Waals surface area contributed by atoms with Crippen molar-refractivity contribution >= 4 is 23.6 Å². The van der Waals surface area contributed by atoms with Gasteiger partial charge in [0.05, 0.1) is 12.0 Å². The number of halogens is 1. The second-order valence-electron chi connectivity index (χ2n) is 5.95. The summed E-state index contributed by atoms with van der Waals surface area (Å²) in [6.45, 7) is 0.996. The van der Waals surface area contributed by atoms with Gasteiger partial charge in [-0.05, 0) is 42.9 Å². The first-order chi connectivity index (χ1) is 10.6. The molecule has 118 valence electrons. The van der Waals surface area contributed by atoms with Gasteiger partial charge in [0.1, 0.15) is 0 Å². The zero-order chi connectivity index (χ0) is 15.7. The van der Waals surface area contributed by atoms with Crippen molar-refractivity contribution < 1.29 is 14.7 Å². The van der Waals surface area contributed by atoms with Gasteiger partial charge in [0.2, 0.25) is 0 Å². The summed E-state index contributed by atoms with van der Waals surface area (Å²) in [6.07, 6.45) is 2.78. The van der Waals surface area contributed by atoms with E-state index in [9.17, 15) is 9.59 Å². The molecule has 1 heterocycles. The number of nitrogens with one attached hydrogen (secondary N) is 1. The summed E-state index contributed by atoms with van der Waals surface area (Å²) in [5, 5.41) is 12.8. The Labute approximate surface area is 134 Å². The highest BCUT2D eigenvalue weighted by molar-refractivity contribution is 6.31. The lowest BCUT2D eigenvalue weighted by Gasteiger charge is -2.31. The number of piperidine rings is 1. The summed E-state index contributed by atoms with van der Waals surface area (Å²) in [4.78, 5) is 25.0. The van der Waals surface area contributed by atoms with E-state index in [0.717, 1.165) is 29.0 Å². The first-order valence-electron chi connectivity index (χ1n) is 7.62. The minimum Gasteiger partial charge on any atom is -0.481 e. The van der Waals surface area contributed by atoms with Crippen LogP contribution in [0.3, 0.4) is 0 Å². The Balaban J connectivity index is 1.60. The molecule has 2 aliphatic rings. The molecule has 0 spiro atoms. The number of amides is 2. The van der Waals surface area contributed by atoms with Crippen LogP contribution in [-0.2, 0) is 11.2 Å². The molecule has 6 heteroatoms. The van der Waals surface area contributed by atoms with E-state index in [1.807, 2.05) is 18.2 Å². The maximum absolute atomic E-state index is 12.4. The van der Waals surface area contributed by atoms with Gasteiger partial charge in [-0.3, -0.25) is 4.79 Å². The number of carbonyl (C=O) groups is 2. The molecule has 3 rings (SSSR count). The quantitative estimate of drug-likeness (QED) is 0.879. The van der Waals surface area contributed by atoms with Crippen molar-refractivity contribution in [2.45, 2.75) is 31.7 Å². The fourth-order valence-electron chi connectivity index (χ4n) is 3.33. The largest absolute Gasteiger partial charge is 0.481 e. The van der Waals surface area contributed by atoms with Crippen LogP contribution >= 0.6 is 11.6 Å². The molecule has 1 atom stereocenters. The molecule has 1 fully saturated rings. The van der Waals surface area contributed by atoms with E-state index in [2.05, 4.69) is 5.32 Å². The molecule has 1 unspecified atom stereocenters. The highest BCUT2D eigenvalue weighted by Crippen LogP contribution is 2.35. The second kappa shape index (κ2) is 6.16. The molecule has 2 amide bonds. The highest BCUT2D eigenvalue weighted by Gasteiger charge is 2.30. The molecule has 1 aromatic carbocycles. The number of hydrogen-bond donors (Lipinski definition) is 2. The fraction of sp³-hybridized carbons (Fsp3) is 0.500. The van der Waals surface area contributed by atoms with Gasteiger partial charge in [0.25, 0.3) is 0 Å². The van der Waals surface area contributed by atoms with Crippen molar-refractivity contribution in [3.05, 3.63) is 34.3 Å². The second-order valence-corrected chi connectivity index (χ2v) is 6.36. The number of urea groups is 1. The van der Waals surface area contributed by atoms with Crippen molar-refractivity contribution in [2.24, 2.45) is 5.92 Å². The molecule has 1 saturated heterocycles. The maximum atomic E-state index is 12.4. The van der Waals surface area contributed by atoms with Gasteiger partial charge in [0, 0.05) is 18.1 Å². The Hall–Kier alpha value is -1.75. The van der Waals surface area contributed by atoms with E-state index in [1.54, 1.807) is 4.90 Å². The number of likely N-dealkylation sites (tertiary alicyclic amines) is 1. The summed E-state index contributed by atoms with van der Waals surface area (Å²) in [5.74, 6) is -1.09. The Morgan fingerprint density at radius 1 is 1.23 bits per heavy atom. The van der Waals surface area contributed by atoms with Crippen molar-refractivity contribution in [2.75, 3.05) is 13.1 Å². The third-order valence-corrected chi connectivity index (χ3v) is 5.00. The summed E-state index contributed by atoms with van der Waals surface area (Å²) in [7, 11) is 0. The van der Waals surface area contributed by atoms with Crippen LogP contribution in [0.4, 0.5) is 4.79 Å². The maximum Gasteiger partial charge on any atom is 0.317 e. The lowest BCUT2D eigenvalue weighted by molar-refractivity contribution is -0.143. The number of carboxylic acid groups (broad SMARTS) is 1. The van der Waals surface area contributed by atoms with Crippen LogP contribution in [0.25, 0.3) is 0 Å². The zero-order valence-electron chi connectivity index (χ0n) is 12.2.